The van der Waals surface area contributed by atoms with E-state index in [0.717, 1.165) is 6.42 Å². The molecule has 0 fully saturated rings. The van der Waals surface area contributed by atoms with E-state index in [-0.39, 0.29) is 23.5 Å². The predicted octanol–water partition coefficient (Wildman–Crippen LogP) is 3.40. The fourth-order valence-corrected chi connectivity index (χ4v) is 2.64. The van der Waals surface area contributed by atoms with Crippen LogP contribution >= 0.6 is 11.3 Å². The number of aryl methyl sites for hydroxylation is 1. The molecule has 0 spiro atoms. The third-order valence-corrected chi connectivity index (χ3v) is 4.61. The highest BCUT2D eigenvalue weighted by molar-refractivity contribution is 7.12. The zero-order chi connectivity index (χ0) is 14.6. The Balaban J connectivity index is 2.54. The Bertz CT molecular complexity index is 426. The average molecular weight is 282 g/mol. The van der Waals surface area contributed by atoms with E-state index < -0.39 is 0 Å². The van der Waals surface area contributed by atoms with Gasteiger partial charge in [0.25, 0.3) is 0 Å². The minimum Gasteiger partial charge on any atom is -0.350 e. The number of carbonyl (C=O) groups excluding carboxylic acids is 1. The summed E-state index contributed by atoms with van der Waals surface area (Å²) in [5.74, 6) is 0.0620. The fraction of sp³-hybridized carbons (Fsp3) is 0.667. The number of nitrogens with one attached hydrogen (secondary N) is 2. The minimum absolute atomic E-state index is 0.0620. The second-order valence-electron chi connectivity index (χ2n) is 5.79. The molecule has 1 heterocycles. The molecule has 0 bridgehead atoms. The van der Waals surface area contributed by atoms with Crippen molar-refractivity contribution >= 4 is 17.2 Å². The van der Waals surface area contributed by atoms with Gasteiger partial charge in [0.05, 0.1) is 6.04 Å². The molecule has 1 aromatic rings. The first kappa shape index (κ1) is 16.2. The lowest BCUT2D eigenvalue weighted by Gasteiger charge is -2.27. The number of amides is 1. The molecule has 0 radical (unpaired) electrons. The molecule has 1 aromatic heterocycles. The molecule has 1 rings (SSSR count). The van der Waals surface area contributed by atoms with Crippen LogP contribution in [0.5, 0.6) is 0 Å². The van der Waals surface area contributed by atoms with Gasteiger partial charge in [0, 0.05) is 21.3 Å². The van der Waals surface area contributed by atoms with Crippen molar-refractivity contribution < 1.29 is 4.79 Å². The van der Waals surface area contributed by atoms with Crippen LogP contribution in [0.2, 0.25) is 0 Å². The van der Waals surface area contributed by atoms with E-state index in [0.29, 0.717) is 0 Å². The van der Waals surface area contributed by atoms with Crippen LogP contribution in [0.4, 0.5) is 0 Å². The van der Waals surface area contributed by atoms with Crippen molar-refractivity contribution in [3.63, 3.8) is 0 Å². The topological polar surface area (TPSA) is 41.1 Å². The first-order valence-corrected chi connectivity index (χ1v) is 7.71. The molecule has 19 heavy (non-hydrogen) atoms. The molecule has 108 valence electrons. The third-order valence-electron chi connectivity index (χ3n) is 3.43. The van der Waals surface area contributed by atoms with Crippen molar-refractivity contribution in [2.24, 2.45) is 0 Å². The van der Waals surface area contributed by atoms with Crippen molar-refractivity contribution in [1.82, 2.24) is 10.6 Å². The molecule has 0 aliphatic carbocycles. The third kappa shape index (κ3) is 4.96. The monoisotopic (exact) mass is 282 g/mol. The Labute approximate surface area is 120 Å². The highest BCUT2D eigenvalue weighted by Gasteiger charge is 2.23. The van der Waals surface area contributed by atoms with E-state index in [1.54, 1.807) is 11.3 Å². The van der Waals surface area contributed by atoms with E-state index in [1.807, 2.05) is 20.8 Å². The summed E-state index contributed by atoms with van der Waals surface area (Å²) in [6.45, 7) is 12.3. The molecule has 3 nitrogen and oxygen atoms in total. The minimum atomic E-state index is -0.191. The standard InChI is InChI=1S/C15H26N2OS/c1-7-15(5,6)17-14(18)12(4)16-11(3)13-9-8-10(2)19-13/h8-9,11-12,16H,7H2,1-6H3,(H,17,18). The Morgan fingerprint density at radius 1 is 1.37 bits per heavy atom. The van der Waals surface area contributed by atoms with Crippen LogP contribution in [0, 0.1) is 6.92 Å². The van der Waals surface area contributed by atoms with Gasteiger partial charge in [0.2, 0.25) is 5.91 Å². The lowest BCUT2D eigenvalue weighted by Crippen LogP contribution is -2.51. The molecule has 2 unspecified atom stereocenters. The van der Waals surface area contributed by atoms with Crippen LogP contribution in [0.1, 0.15) is 56.8 Å². The van der Waals surface area contributed by atoms with Gasteiger partial charge in [-0.25, -0.2) is 0 Å². The molecule has 0 saturated heterocycles. The maximum absolute atomic E-state index is 12.1. The van der Waals surface area contributed by atoms with Crippen molar-refractivity contribution in [1.29, 1.82) is 0 Å². The normalized spacial score (nSPS) is 15.1. The van der Waals surface area contributed by atoms with Crippen LogP contribution in [-0.2, 0) is 4.79 Å². The van der Waals surface area contributed by atoms with E-state index in [4.69, 9.17) is 0 Å². The van der Waals surface area contributed by atoms with Crippen molar-refractivity contribution in [2.45, 2.75) is 65.6 Å². The van der Waals surface area contributed by atoms with Crippen LogP contribution < -0.4 is 10.6 Å². The summed E-state index contributed by atoms with van der Waals surface area (Å²) in [5, 5.41) is 6.42. The summed E-state index contributed by atoms with van der Waals surface area (Å²) in [6, 6.07) is 4.24. The van der Waals surface area contributed by atoms with E-state index in [2.05, 4.69) is 43.5 Å². The summed E-state index contributed by atoms with van der Waals surface area (Å²) < 4.78 is 0. The highest BCUT2D eigenvalue weighted by Crippen LogP contribution is 2.22. The molecular formula is C15H26N2OS. The smallest absolute Gasteiger partial charge is 0.237 e. The van der Waals surface area contributed by atoms with Gasteiger partial charge in [0.1, 0.15) is 0 Å². The Kier molecular flexibility index (Phi) is 5.56. The maximum Gasteiger partial charge on any atom is 0.237 e. The molecule has 2 N–H and O–H groups in total. The Morgan fingerprint density at radius 2 is 2.00 bits per heavy atom. The lowest BCUT2D eigenvalue weighted by atomic mass is 10.0. The van der Waals surface area contributed by atoms with Gasteiger partial charge in [-0.05, 0) is 53.2 Å². The number of thiophene rings is 1. The van der Waals surface area contributed by atoms with Crippen LogP contribution in [0.25, 0.3) is 0 Å². The van der Waals surface area contributed by atoms with Crippen LogP contribution in [-0.4, -0.2) is 17.5 Å². The molecule has 2 atom stereocenters. The molecule has 4 heteroatoms. The summed E-state index contributed by atoms with van der Waals surface area (Å²) in [5.41, 5.74) is -0.143. The molecular weight excluding hydrogens is 256 g/mol. The molecule has 0 aliphatic heterocycles. The predicted molar refractivity (Wildman–Crippen MR) is 82.6 cm³/mol. The van der Waals surface area contributed by atoms with Gasteiger partial charge < -0.3 is 5.32 Å². The van der Waals surface area contributed by atoms with Gasteiger partial charge in [-0.1, -0.05) is 6.92 Å². The van der Waals surface area contributed by atoms with Gasteiger partial charge in [-0.15, -0.1) is 11.3 Å². The van der Waals surface area contributed by atoms with Gasteiger partial charge >= 0.3 is 0 Å². The second kappa shape index (κ2) is 6.53. The van der Waals surface area contributed by atoms with Gasteiger partial charge in [0.15, 0.2) is 0 Å². The second-order valence-corrected chi connectivity index (χ2v) is 7.10. The SMILES string of the molecule is CCC(C)(C)NC(=O)C(C)NC(C)c1ccc(C)s1. The molecule has 0 saturated carbocycles. The van der Waals surface area contributed by atoms with Crippen molar-refractivity contribution in [2.75, 3.05) is 0 Å². The fourth-order valence-electron chi connectivity index (χ4n) is 1.75. The molecule has 0 aliphatic rings. The first-order chi connectivity index (χ1) is 8.75. The van der Waals surface area contributed by atoms with Gasteiger partial charge in [-0.2, -0.15) is 0 Å². The summed E-state index contributed by atoms with van der Waals surface area (Å²) in [7, 11) is 0. The number of hydrogen-bond acceptors (Lipinski definition) is 3. The number of carbonyl (C=O) groups is 1. The molecule has 0 aromatic carbocycles. The molecule has 1 amide bonds. The quantitative estimate of drug-likeness (QED) is 0.839. The zero-order valence-electron chi connectivity index (χ0n) is 12.8. The van der Waals surface area contributed by atoms with Crippen LogP contribution in [0.3, 0.4) is 0 Å². The summed E-state index contributed by atoms with van der Waals surface area (Å²) in [4.78, 5) is 14.7. The number of rotatable bonds is 6. The van der Waals surface area contributed by atoms with E-state index in [9.17, 15) is 4.79 Å². The van der Waals surface area contributed by atoms with Gasteiger partial charge in [-0.3, -0.25) is 10.1 Å². The van der Waals surface area contributed by atoms with Crippen molar-refractivity contribution in [3.05, 3.63) is 21.9 Å². The maximum atomic E-state index is 12.1. The first-order valence-electron chi connectivity index (χ1n) is 6.89. The summed E-state index contributed by atoms with van der Waals surface area (Å²) >= 11 is 1.77. The number of hydrogen-bond donors (Lipinski definition) is 2. The average Bonchev–Trinajstić information content (AvgIpc) is 2.75. The highest BCUT2D eigenvalue weighted by atomic mass is 32.1. The van der Waals surface area contributed by atoms with E-state index >= 15 is 0 Å². The largest absolute Gasteiger partial charge is 0.350 e. The van der Waals surface area contributed by atoms with Crippen LogP contribution in [0.15, 0.2) is 12.1 Å². The Hall–Kier alpha value is -0.870. The zero-order valence-corrected chi connectivity index (χ0v) is 13.6. The van der Waals surface area contributed by atoms with E-state index in [1.165, 1.54) is 9.75 Å². The lowest BCUT2D eigenvalue weighted by molar-refractivity contribution is -0.124. The Morgan fingerprint density at radius 3 is 2.47 bits per heavy atom. The summed E-state index contributed by atoms with van der Waals surface area (Å²) in [6.07, 6.45) is 0.922. The van der Waals surface area contributed by atoms with Crippen molar-refractivity contribution in [3.8, 4) is 0 Å².